The van der Waals surface area contributed by atoms with Crippen LogP contribution in [-0.4, -0.2) is 44.9 Å². The van der Waals surface area contributed by atoms with Crippen LogP contribution < -0.4 is 0 Å². The highest BCUT2D eigenvalue weighted by molar-refractivity contribution is 5.95. The van der Waals surface area contributed by atoms with Crippen LogP contribution in [0.2, 0.25) is 0 Å². The second-order valence-electron chi connectivity index (χ2n) is 6.61. The van der Waals surface area contributed by atoms with Crippen molar-refractivity contribution in [3.8, 4) is 0 Å². The number of piperidine rings is 1. The highest BCUT2D eigenvalue weighted by Gasteiger charge is 2.30. The summed E-state index contributed by atoms with van der Waals surface area (Å²) in [5, 5.41) is 14.4. The van der Waals surface area contributed by atoms with E-state index in [-0.39, 0.29) is 11.8 Å². The Morgan fingerprint density at radius 3 is 2.71 bits per heavy atom. The number of aliphatic hydroxyl groups is 1. The first-order valence-electron chi connectivity index (χ1n) is 8.09. The molecule has 0 aromatic carbocycles. The van der Waals surface area contributed by atoms with Gasteiger partial charge < -0.3 is 10.0 Å². The first-order chi connectivity index (χ1) is 10.1. The summed E-state index contributed by atoms with van der Waals surface area (Å²) >= 11 is 0. The Labute approximate surface area is 125 Å². The summed E-state index contributed by atoms with van der Waals surface area (Å²) < 4.78 is 2.03. The fraction of sp³-hybridized carbons (Fsp3) is 0.750. The number of β-amino-alcohol motifs (C(OH)–C–C–N with tert-alkyl or cyclic N) is 1. The first kappa shape index (κ1) is 14.6. The van der Waals surface area contributed by atoms with Gasteiger partial charge in [0.15, 0.2) is 0 Å². The minimum absolute atomic E-state index is 0.0164. The fourth-order valence-corrected chi connectivity index (χ4v) is 3.55. The van der Waals surface area contributed by atoms with Gasteiger partial charge in [0.05, 0.1) is 23.9 Å². The second kappa shape index (κ2) is 5.79. The third-order valence-electron chi connectivity index (χ3n) is 5.15. The molecule has 5 nitrogen and oxygen atoms in total. The summed E-state index contributed by atoms with van der Waals surface area (Å²) in [5.41, 5.74) is 1.67. The normalized spacial score (nSPS) is 27.3. The number of rotatable bonds is 2. The van der Waals surface area contributed by atoms with Crippen LogP contribution in [0.1, 0.15) is 61.1 Å². The summed E-state index contributed by atoms with van der Waals surface area (Å²) in [4.78, 5) is 14.4. The lowest BCUT2D eigenvalue weighted by Gasteiger charge is -2.34. The molecule has 1 N–H and O–H groups in total. The van der Waals surface area contributed by atoms with E-state index >= 15 is 0 Å². The molecular formula is C16H25N3O2. The Kier molecular flexibility index (Phi) is 4.02. The lowest BCUT2D eigenvalue weighted by molar-refractivity contribution is 0.0248. The van der Waals surface area contributed by atoms with Gasteiger partial charge in [0, 0.05) is 18.8 Å². The van der Waals surface area contributed by atoms with E-state index in [4.69, 9.17) is 0 Å². The summed E-state index contributed by atoms with van der Waals surface area (Å²) in [7, 11) is 0. The van der Waals surface area contributed by atoms with Crippen molar-refractivity contribution >= 4 is 5.91 Å². The molecule has 2 heterocycles. The van der Waals surface area contributed by atoms with Gasteiger partial charge in [0.25, 0.3) is 5.91 Å². The van der Waals surface area contributed by atoms with Gasteiger partial charge in [-0.1, -0.05) is 19.8 Å². The van der Waals surface area contributed by atoms with Crippen molar-refractivity contribution in [3.63, 3.8) is 0 Å². The molecule has 1 aromatic rings. The van der Waals surface area contributed by atoms with Crippen LogP contribution in [0.15, 0.2) is 6.20 Å². The third-order valence-corrected chi connectivity index (χ3v) is 5.15. The lowest BCUT2D eigenvalue weighted by Crippen LogP contribution is -2.45. The first-order valence-corrected chi connectivity index (χ1v) is 8.09. The zero-order valence-corrected chi connectivity index (χ0v) is 13.0. The summed E-state index contributed by atoms with van der Waals surface area (Å²) in [6.45, 7) is 5.19. The Balaban J connectivity index is 1.76. The lowest BCUT2D eigenvalue weighted by atomic mass is 9.95. The second-order valence-corrected chi connectivity index (χ2v) is 6.61. The van der Waals surface area contributed by atoms with E-state index in [1.807, 2.05) is 18.5 Å². The number of aromatic nitrogens is 2. The molecule has 2 atom stereocenters. The number of likely N-dealkylation sites (tertiary alicyclic amines) is 1. The zero-order valence-electron chi connectivity index (χ0n) is 13.0. The highest BCUT2D eigenvalue weighted by Crippen LogP contribution is 2.31. The molecule has 1 amide bonds. The van der Waals surface area contributed by atoms with Crippen molar-refractivity contribution in [2.45, 2.75) is 58.1 Å². The largest absolute Gasteiger partial charge is 0.391 e. The summed E-state index contributed by atoms with van der Waals surface area (Å²) in [6, 6.07) is 0.457. The predicted octanol–water partition coefficient (Wildman–Crippen LogP) is 2.15. The number of hydrogen-bond acceptors (Lipinski definition) is 3. The van der Waals surface area contributed by atoms with E-state index in [0.717, 1.165) is 31.5 Å². The van der Waals surface area contributed by atoms with Gasteiger partial charge in [-0.2, -0.15) is 5.10 Å². The molecule has 116 valence electrons. The maximum absolute atomic E-state index is 12.7. The minimum Gasteiger partial charge on any atom is -0.391 e. The van der Waals surface area contributed by atoms with E-state index in [1.165, 1.54) is 12.8 Å². The molecule has 2 unspecified atom stereocenters. The Bertz CT molecular complexity index is 520. The quantitative estimate of drug-likeness (QED) is 0.908. The molecular weight excluding hydrogens is 266 g/mol. The van der Waals surface area contributed by atoms with Gasteiger partial charge in [-0.25, -0.2) is 0 Å². The number of carbonyl (C=O) groups excluding carboxylic acids is 1. The van der Waals surface area contributed by atoms with Crippen LogP contribution >= 0.6 is 0 Å². The van der Waals surface area contributed by atoms with Crippen molar-refractivity contribution in [1.82, 2.24) is 14.7 Å². The molecule has 0 bridgehead atoms. The van der Waals surface area contributed by atoms with E-state index in [2.05, 4.69) is 5.10 Å². The molecule has 5 heteroatoms. The molecule has 0 radical (unpaired) electrons. The Morgan fingerprint density at radius 1 is 1.33 bits per heavy atom. The monoisotopic (exact) mass is 291 g/mol. The molecule has 1 aliphatic carbocycles. The number of amides is 1. The molecule has 1 saturated heterocycles. The van der Waals surface area contributed by atoms with Gasteiger partial charge in [-0.05, 0) is 32.1 Å². The predicted molar refractivity (Wildman–Crippen MR) is 80.2 cm³/mol. The maximum Gasteiger partial charge on any atom is 0.257 e. The van der Waals surface area contributed by atoms with Crippen molar-refractivity contribution in [3.05, 3.63) is 17.5 Å². The summed E-state index contributed by atoms with van der Waals surface area (Å²) in [6.07, 6.45) is 7.00. The van der Waals surface area contributed by atoms with Gasteiger partial charge in [0.2, 0.25) is 0 Å². The number of nitrogens with zero attached hydrogens (tertiary/aromatic N) is 3. The molecule has 0 spiro atoms. The van der Waals surface area contributed by atoms with Crippen molar-refractivity contribution < 1.29 is 9.90 Å². The summed E-state index contributed by atoms with van der Waals surface area (Å²) in [5.74, 6) is 0.291. The molecule has 21 heavy (non-hydrogen) atoms. The SMILES string of the molecule is Cc1c(C(=O)N2CCC(C)C(O)C2)cnn1C1CCCC1. The number of hydrogen-bond donors (Lipinski definition) is 1. The number of aliphatic hydroxyl groups excluding tert-OH is 1. The molecule has 2 fully saturated rings. The van der Waals surface area contributed by atoms with Crippen LogP contribution in [0.4, 0.5) is 0 Å². The van der Waals surface area contributed by atoms with E-state index < -0.39 is 6.10 Å². The number of carbonyl (C=O) groups is 1. The molecule has 1 aliphatic heterocycles. The van der Waals surface area contributed by atoms with Gasteiger partial charge in [-0.15, -0.1) is 0 Å². The molecule has 2 aliphatic rings. The third kappa shape index (κ3) is 2.71. The van der Waals surface area contributed by atoms with Crippen molar-refractivity contribution in [2.24, 2.45) is 5.92 Å². The standard InChI is InChI=1S/C16H25N3O2/c1-11-7-8-18(10-15(11)20)16(21)14-9-17-19(12(14)2)13-5-3-4-6-13/h9,11,13,15,20H,3-8,10H2,1-2H3. The van der Waals surface area contributed by atoms with Gasteiger partial charge >= 0.3 is 0 Å². The van der Waals surface area contributed by atoms with Crippen LogP contribution in [0.3, 0.4) is 0 Å². The van der Waals surface area contributed by atoms with Gasteiger partial charge in [-0.3, -0.25) is 9.48 Å². The average Bonchev–Trinajstić information content (AvgIpc) is 3.10. The van der Waals surface area contributed by atoms with E-state index in [1.54, 1.807) is 11.1 Å². The smallest absolute Gasteiger partial charge is 0.257 e. The fourth-order valence-electron chi connectivity index (χ4n) is 3.55. The van der Waals surface area contributed by atoms with Crippen LogP contribution in [0, 0.1) is 12.8 Å². The Morgan fingerprint density at radius 2 is 2.05 bits per heavy atom. The van der Waals surface area contributed by atoms with Crippen LogP contribution in [0.5, 0.6) is 0 Å². The van der Waals surface area contributed by atoms with Gasteiger partial charge in [0.1, 0.15) is 0 Å². The minimum atomic E-state index is -0.409. The zero-order chi connectivity index (χ0) is 15.0. The molecule has 3 rings (SSSR count). The molecule has 1 aromatic heterocycles. The average molecular weight is 291 g/mol. The van der Waals surface area contributed by atoms with Crippen molar-refractivity contribution in [1.29, 1.82) is 0 Å². The topological polar surface area (TPSA) is 58.4 Å². The van der Waals surface area contributed by atoms with E-state index in [0.29, 0.717) is 18.2 Å². The maximum atomic E-state index is 12.7. The van der Waals surface area contributed by atoms with E-state index in [9.17, 15) is 9.90 Å². The van der Waals surface area contributed by atoms with Crippen LogP contribution in [-0.2, 0) is 0 Å². The Hall–Kier alpha value is -1.36. The van der Waals surface area contributed by atoms with Crippen LogP contribution in [0.25, 0.3) is 0 Å². The molecule has 1 saturated carbocycles. The highest BCUT2D eigenvalue weighted by atomic mass is 16.3. The van der Waals surface area contributed by atoms with Crippen molar-refractivity contribution in [2.75, 3.05) is 13.1 Å².